The summed E-state index contributed by atoms with van der Waals surface area (Å²) in [6.07, 6.45) is -3.04. The number of alkyl halides is 3. The summed E-state index contributed by atoms with van der Waals surface area (Å²) in [7, 11) is 0. The number of halogens is 3. The van der Waals surface area contributed by atoms with Crippen LogP contribution in [0.15, 0.2) is 36.5 Å². The fourth-order valence-electron chi connectivity index (χ4n) is 1.48. The lowest BCUT2D eigenvalue weighted by atomic mass is 10.1. The smallest absolute Gasteiger partial charge is 0.268 e. The van der Waals surface area contributed by atoms with E-state index in [9.17, 15) is 13.2 Å². The number of hydrogen-bond acceptors (Lipinski definition) is 1. The Morgan fingerprint density at radius 1 is 1.12 bits per heavy atom. The van der Waals surface area contributed by atoms with E-state index in [1.165, 1.54) is 10.9 Å². The molecule has 2 nitrogen and oxygen atoms in total. The van der Waals surface area contributed by atoms with E-state index in [2.05, 4.69) is 5.10 Å². The molecule has 0 aliphatic carbocycles. The van der Waals surface area contributed by atoms with Crippen molar-refractivity contribution >= 4 is 0 Å². The fourth-order valence-corrected chi connectivity index (χ4v) is 1.48. The first-order valence-electron chi connectivity index (χ1n) is 5.11. The summed E-state index contributed by atoms with van der Waals surface area (Å²) in [6.45, 7) is 2.30. The van der Waals surface area contributed by atoms with Crippen LogP contribution in [0.25, 0.3) is 0 Å². The van der Waals surface area contributed by atoms with Gasteiger partial charge in [0, 0.05) is 6.20 Å². The molecule has 0 bridgehead atoms. The Balaban J connectivity index is 2.14. The molecule has 0 N–H and O–H groups in total. The second-order valence-electron chi connectivity index (χ2n) is 3.88. The molecule has 0 radical (unpaired) electrons. The first-order chi connectivity index (χ1) is 7.95. The largest absolute Gasteiger partial charge is 0.435 e. The number of hydrogen-bond donors (Lipinski definition) is 0. The van der Waals surface area contributed by atoms with E-state index in [4.69, 9.17) is 0 Å². The van der Waals surface area contributed by atoms with Crippen LogP contribution in [0.2, 0.25) is 0 Å². The lowest BCUT2D eigenvalue weighted by molar-refractivity contribution is -0.141. The first-order valence-corrected chi connectivity index (χ1v) is 5.11. The minimum atomic E-state index is -4.38. The van der Waals surface area contributed by atoms with Crippen molar-refractivity contribution in [1.29, 1.82) is 0 Å². The number of aryl methyl sites for hydroxylation is 1. The molecule has 0 fully saturated rings. The van der Waals surface area contributed by atoms with Gasteiger partial charge in [0.25, 0.3) is 0 Å². The van der Waals surface area contributed by atoms with Gasteiger partial charge in [-0.25, -0.2) is 0 Å². The van der Waals surface area contributed by atoms with Crippen LogP contribution in [-0.2, 0) is 12.7 Å². The van der Waals surface area contributed by atoms with Crippen LogP contribution in [-0.4, -0.2) is 9.78 Å². The third kappa shape index (κ3) is 2.87. The molecular formula is C12H11F3N2. The van der Waals surface area contributed by atoms with E-state index in [1.807, 2.05) is 31.2 Å². The van der Waals surface area contributed by atoms with Crippen LogP contribution in [0.5, 0.6) is 0 Å². The number of benzene rings is 1. The van der Waals surface area contributed by atoms with Gasteiger partial charge >= 0.3 is 6.18 Å². The normalized spacial score (nSPS) is 11.8. The summed E-state index contributed by atoms with van der Waals surface area (Å²) in [5.41, 5.74) is 1.18. The van der Waals surface area contributed by atoms with E-state index in [-0.39, 0.29) is 0 Å². The van der Waals surface area contributed by atoms with Crippen LogP contribution in [0, 0.1) is 6.92 Å². The molecule has 0 atom stereocenters. The van der Waals surface area contributed by atoms with Crippen LogP contribution >= 0.6 is 0 Å². The van der Waals surface area contributed by atoms with E-state index < -0.39 is 11.9 Å². The summed E-state index contributed by atoms with van der Waals surface area (Å²) in [5.74, 6) is 0. The number of rotatable bonds is 2. The van der Waals surface area contributed by atoms with Gasteiger partial charge in [-0.05, 0) is 18.6 Å². The highest BCUT2D eigenvalue weighted by Crippen LogP contribution is 2.27. The highest BCUT2D eigenvalue weighted by molar-refractivity contribution is 5.21. The predicted molar refractivity (Wildman–Crippen MR) is 57.5 cm³/mol. The monoisotopic (exact) mass is 240 g/mol. The van der Waals surface area contributed by atoms with Gasteiger partial charge in [-0.2, -0.15) is 18.3 Å². The highest BCUT2D eigenvalue weighted by Gasteiger charge is 2.33. The molecular weight excluding hydrogens is 229 g/mol. The molecule has 0 amide bonds. The molecule has 0 unspecified atom stereocenters. The molecule has 1 heterocycles. The van der Waals surface area contributed by atoms with Crippen LogP contribution < -0.4 is 0 Å². The van der Waals surface area contributed by atoms with Crippen molar-refractivity contribution < 1.29 is 13.2 Å². The average Bonchev–Trinajstić information content (AvgIpc) is 2.69. The average molecular weight is 240 g/mol. The molecule has 90 valence electrons. The summed E-state index contributed by atoms with van der Waals surface area (Å²) >= 11 is 0. The first kappa shape index (κ1) is 11.7. The van der Waals surface area contributed by atoms with Crippen molar-refractivity contribution in [3.05, 3.63) is 53.3 Å². The summed E-state index contributed by atoms with van der Waals surface area (Å²) in [4.78, 5) is 0. The number of nitrogens with zero attached hydrogens (tertiary/aromatic N) is 2. The van der Waals surface area contributed by atoms with Gasteiger partial charge in [0.05, 0.1) is 6.54 Å². The van der Waals surface area contributed by atoms with Crippen LogP contribution in [0.4, 0.5) is 13.2 Å². The molecule has 0 saturated heterocycles. The lowest BCUT2D eigenvalue weighted by Crippen LogP contribution is -2.08. The fraction of sp³-hybridized carbons (Fsp3) is 0.250. The molecule has 1 aromatic heterocycles. The van der Waals surface area contributed by atoms with Gasteiger partial charge in [0.15, 0.2) is 5.69 Å². The Hall–Kier alpha value is -1.78. The molecule has 1 aromatic carbocycles. The standard InChI is InChI=1S/C12H11F3N2/c1-9-2-4-10(5-3-9)8-17-7-6-11(16-17)12(13,14)15/h2-7H,8H2,1H3. The zero-order valence-corrected chi connectivity index (χ0v) is 9.20. The minimum absolute atomic E-state index is 0.344. The molecule has 0 spiro atoms. The summed E-state index contributed by atoms with van der Waals surface area (Å²) in [5, 5.41) is 3.49. The van der Waals surface area contributed by atoms with Crippen LogP contribution in [0.3, 0.4) is 0 Å². The highest BCUT2D eigenvalue weighted by atomic mass is 19.4. The van der Waals surface area contributed by atoms with Crippen molar-refractivity contribution in [2.24, 2.45) is 0 Å². The topological polar surface area (TPSA) is 17.8 Å². The Labute approximate surface area is 96.7 Å². The number of aromatic nitrogens is 2. The Morgan fingerprint density at radius 3 is 2.29 bits per heavy atom. The second-order valence-corrected chi connectivity index (χ2v) is 3.88. The van der Waals surface area contributed by atoms with Gasteiger partial charge in [-0.15, -0.1) is 0 Å². The lowest BCUT2D eigenvalue weighted by Gasteiger charge is -2.03. The van der Waals surface area contributed by atoms with Gasteiger partial charge in [0.2, 0.25) is 0 Å². The molecule has 0 aliphatic rings. The van der Waals surface area contributed by atoms with Crippen molar-refractivity contribution in [1.82, 2.24) is 9.78 Å². The Bertz CT molecular complexity index is 497. The molecule has 17 heavy (non-hydrogen) atoms. The second kappa shape index (κ2) is 4.24. The molecule has 2 aromatic rings. The minimum Gasteiger partial charge on any atom is -0.268 e. The van der Waals surface area contributed by atoms with E-state index in [0.29, 0.717) is 6.54 Å². The Morgan fingerprint density at radius 2 is 1.76 bits per heavy atom. The van der Waals surface area contributed by atoms with Crippen molar-refractivity contribution in [2.75, 3.05) is 0 Å². The van der Waals surface area contributed by atoms with Crippen molar-refractivity contribution in [3.8, 4) is 0 Å². The van der Waals surface area contributed by atoms with Gasteiger partial charge in [0.1, 0.15) is 0 Å². The third-order valence-corrected chi connectivity index (χ3v) is 2.40. The third-order valence-electron chi connectivity index (χ3n) is 2.40. The van der Waals surface area contributed by atoms with Gasteiger partial charge in [-0.1, -0.05) is 29.8 Å². The summed E-state index contributed by atoms with van der Waals surface area (Å²) < 4.78 is 38.2. The van der Waals surface area contributed by atoms with Crippen molar-refractivity contribution in [3.63, 3.8) is 0 Å². The van der Waals surface area contributed by atoms with Crippen LogP contribution in [0.1, 0.15) is 16.8 Å². The molecule has 5 heteroatoms. The van der Waals surface area contributed by atoms with E-state index in [1.54, 1.807) is 0 Å². The maximum atomic E-state index is 12.3. The van der Waals surface area contributed by atoms with Crippen molar-refractivity contribution in [2.45, 2.75) is 19.6 Å². The SMILES string of the molecule is Cc1ccc(Cn2ccc(C(F)(F)F)n2)cc1. The quantitative estimate of drug-likeness (QED) is 0.787. The van der Waals surface area contributed by atoms with Gasteiger partial charge < -0.3 is 0 Å². The molecule has 0 aliphatic heterocycles. The molecule has 0 saturated carbocycles. The zero-order chi connectivity index (χ0) is 12.5. The maximum Gasteiger partial charge on any atom is 0.435 e. The Kier molecular flexibility index (Phi) is 2.92. The molecule has 2 rings (SSSR count). The summed E-state index contributed by atoms with van der Waals surface area (Å²) in [6, 6.07) is 8.58. The van der Waals surface area contributed by atoms with E-state index in [0.717, 1.165) is 17.2 Å². The van der Waals surface area contributed by atoms with E-state index >= 15 is 0 Å². The zero-order valence-electron chi connectivity index (χ0n) is 9.20. The maximum absolute atomic E-state index is 12.3. The van der Waals surface area contributed by atoms with Gasteiger partial charge in [-0.3, -0.25) is 4.68 Å². The predicted octanol–water partition coefficient (Wildman–Crippen LogP) is 3.26.